The predicted molar refractivity (Wildman–Crippen MR) is 38.4 cm³/mol. The van der Waals surface area contributed by atoms with Gasteiger partial charge < -0.3 is 4.90 Å². The molecule has 0 amide bonds. The van der Waals surface area contributed by atoms with Crippen molar-refractivity contribution < 1.29 is 0 Å². The summed E-state index contributed by atoms with van der Waals surface area (Å²) < 4.78 is 3.16. The molecule has 1 fully saturated rings. The first-order chi connectivity index (χ1) is 3.33. The van der Waals surface area contributed by atoms with E-state index in [2.05, 4.69) is 38.3 Å². The fourth-order valence-electron chi connectivity index (χ4n) is 0.768. The molecular weight excluding hydrogens is 203 g/mol. The summed E-state index contributed by atoms with van der Waals surface area (Å²) >= 11 is 2.20. The van der Waals surface area contributed by atoms with Crippen LogP contribution in [0.5, 0.6) is 0 Å². The van der Waals surface area contributed by atoms with Crippen molar-refractivity contribution in [1.29, 1.82) is 0 Å². The summed E-state index contributed by atoms with van der Waals surface area (Å²) in [6.45, 7) is 2.42. The SMILES string of the molecule is CN1CC(NI)C1. The van der Waals surface area contributed by atoms with Crippen LogP contribution in [0.3, 0.4) is 0 Å². The minimum Gasteiger partial charge on any atom is -0.303 e. The Morgan fingerprint density at radius 3 is 2.43 bits per heavy atom. The Morgan fingerprint density at radius 2 is 2.29 bits per heavy atom. The van der Waals surface area contributed by atoms with Crippen LogP contribution in [0.25, 0.3) is 0 Å². The van der Waals surface area contributed by atoms with E-state index in [1.165, 1.54) is 13.1 Å². The first kappa shape index (κ1) is 5.78. The van der Waals surface area contributed by atoms with E-state index < -0.39 is 0 Å². The molecule has 1 rings (SSSR count). The van der Waals surface area contributed by atoms with Gasteiger partial charge in [0.05, 0.1) is 0 Å². The average Bonchev–Trinajstić information content (AvgIpc) is 1.58. The molecule has 0 bridgehead atoms. The van der Waals surface area contributed by atoms with E-state index in [0.29, 0.717) is 0 Å². The number of halogens is 1. The minimum absolute atomic E-state index is 0.755. The third-order valence-corrected chi connectivity index (χ3v) is 2.10. The molecule has 1 heterocycles. The van der Waals surface area contributed by atoms with Crippen LogP contribution in [0.1, 0.15) is 0 Å². The molecule has 0 spiro atoms. The Hall–Kier alpha value is 0.650. The van der Waals surface area contributed by atoms with Crippen LogP contribution in [-0.2, 0) is 0 Å². The Bertz CT molecular complexity index is 60.7. The third kappa shape index (κ3) is 1.27. The molecule has 1 N–H and O–H groups in total. The summed E-state index contributed by atoms with van der Waals surface area (Å²) in [7, 11) is 2.13. The summed E-state index contributed by atoms with van der Waals surface area (Å²) in [6.07, 6.45) is 0. The molecular formula is C4H9IN2. The Labute approximate surface area is 57.8 Å². The van der Waals surface area contributed by atoms with Crippen molar-refractivity contribution in [2.45, 2.75) is 6.04 Å². The van der Waals surface area contributed by atoms with Gasteiger partial charge in [-0.25, -0.2) is 0 Å². The molecule has 2 nitrogen and oxygen atoms in total. The molecule has 0 aliphatic carbocycles. The summed E-state index contributed by atoms with van der Waals surface area (Å²) in [5, 5.41) is 0. The maximum Gasteiger partial charge on any atom is 0.0417 e. The highest BCUT2D eigenvalue weighted by Crippen LogP contribution is 2.03. The van der Waals surface area contributed by atoms with Crippen LogP contribution in [0.2, 0.25) is 0 Å². The van der Waals surface area contributed by atoms with E-state index in [9.17, 15) is 0 Å². The number of nitrogens with zero attached hydrogens (tertiary/aromatic N) is 1. The van der Waals surface area contributed by atoms with Crippen molar-refractivity contribution in [2.75, 3.05) is 20.1 Å². The van der Waals surface area contributed by atoms with Gasteiger partial charge in [0.2, 0.25) is 0 Å². The zero-order chi connectivity index (χ0) is 5.28. The average molecular weight is 212 g/mol. The van der Waals surface area contributed by atoms with Crippen LogP contribution in [0, 0.1) is 0 Å². The molecule has 0 aromatic heterocycles. The molecule has 1 saturated heterocycles. The molecule has 0 saturated carbocycles. The van der Waals surface area contributed by atoms with Gasteiger partial charge in [-0.1, -0.05) is 0 Å². The van der Waals surface area contributed by atoms with Crippen LogP contribution in [-0.4, -0.2) is 31.1 Å². The van der Waals surface area contributed by atoms with Gasteiger partial charge in [-0.15, -0.1) is 0 Å². The largest absolute Gasteiger partial charge is 0.303 e. The van der Waals surface area contributed by atoms with E-state index in [1.807, 2.05) is 0 Å². The Kier molecular flexibility index (Phi) is 1.88. The summed E-state index contributed by atoms with van der Waals surface area (Å²) in [6, 6.07) is 0.755. The number of nitrogens with one attached hydrogen (secondary N) is 1. The quantitative estimate of drug-likeness (QED) is 0.494. The second kappa shape index (κ2) is 2.28. The van der Waals surface area contributed by atoms with Crippen LogP contribution >= 0.6 is 22.9 Å². The van der Waals surface area contributed by atoms with Gasteiger partial charge in [0, 0.05) is 42.0 Å². The predicted octanol–water partition coefficient (Wildman–Crippen LogP) is 0.240. The summed E-state index contributed by atoms with van der Waals surface area (Å²) in [5.74, 6) is 0. The second-order valence-corrected chi connectivity index (χ2v) is 2.65. The maximum absolute atomic E-state index is 3.16. The monoisotopic (exact) mass is 212 g/mol. The van der Waals surface area contributed by atoms with Crippen molar-refractivity contribution >= 4 is 22.9 Å². The van der Waals surface area contributed by atoms with E-state index in [4.69, 9.17) is 0 Å². The highest BCUT2D eigenvalue weighted by atomic mass is 127. The third-order valence-electron chi connectivity index (χ3n) is 1.22. The molecule has 0 aromatic rings. The molecule has 3 heteroatoms. The van der Waals surface area contributed by atoms with Gasteiger partial charge in [0.15, 0.2) is 0 Å². The van der Waals surface area contributed by atoms with Gasteiger partial charge in [-0.05, 0) is 7.05 Å². The van der Waals surface area contributed by atoms with Gasteiger partial charge in [-0.3, -0.25) is 3.53 Å². The lowest BCUT2D eigenvalue weighted by atomic mass is 10.2. The fraction of sp³-hybridized carbons (Fsp3) is 1.00. The zero-order valence-corrected chi connectivity index (χ0v) is 6.47. The minimum atomic E-state index is 0.755. The molecule has 1 aliphatic heterocycles. The van der Waals surface area contributed by atoms with E-state index >= 15 is 0 Å². The molecule has 1 aliphatic rings. The van der Waals surface area contributed by atoms with E-state index in [-0.39, 0.29) is 0 Å². The van der Waals surface area contributed by atoms with Crippen molar-refractivity contribution in [2.24, 2.45) is 0 Å². The fourth-order valence-corrected chi connectivity index (χ4v) is 1.16. The van der Waals surface area contributed by atoms with Gasteiger partial charge in [0.25, 0.3) is 0 Å². The number of hydrogen-bond acceptors (Lipinski definition) is 2. The van der Waals surface area contributed by atoms with Crippen molar-refractivity contribution in [3.05, 3.63) is 0 Å². The molecule has 0 radical (unpaired) electrons. The smallest absolute Gasteiger partial charge is 0.0417 e. The second-order valence-electron chi connectivity index (χ2n) is 2.03. The molecule has 42 valence electrons. The number of likely N-dealkylation sites (N-methyl/N-ethyl adjacent to an activating group) is 1. The summed E-state index contributed by atoms with van der Waals surface area (Å²) in [4.78, 5) is 2.29. The van der Waals surface area contributed by atoms with Crippen molar-refractivity contribution in [3.63, 3.8) is 0 Å². The van der Waals surface area contributed by atoms with E-state index in [0.717, 1.165) is 6.04 Å². The Balaban J connectivity index is 2.06. The Morgan fingerprint density at radius 1 is 1.71 bits per heavy atom. The van der Waals surface area contributed by atoms with Gasteiger partial charge in [0.1, 0.15) is 0 Å². The molecule has 0 unspecified atom stereocenters. The number of likely N-dealkylation sites (tertiary alicyclic amines) is 1. The van der Waals surface area contributed by atoms with Gasteiger partial charge >= 0.3 is 0 Å². The zero-order valence-electron chi connectivity index (χ0n) is 4.32. The number of rotatable bonds is 1. The lowest BCUT2D eigenvalue weighted by Crippen LogP contribution is -2.53. The van der Waals surface area contributed by atoms with Gasteiger partial charge in [-0.2, -0.15) is 0 Å². The lowest BCUT2D eigenvalue weighted by Gasteiger charge is -2.34. The van der Waals surface area contributed by atoms with Crippen molar-refractivity contribution in [3.8, 4) is 0 Å². The number of hydrogen-bond donors (Lipinski definition) is 1. The van der Waals surface area contributed by atoms with E-state index in [1.54, 1.807) is 0 Å². The maximum atomic E-state index is 3.16. The van der Waals surface area contributed by atoms with Crippen LogP contribution in [0.15, 0.2) is 0 Å². The first-order valence-electron chi connectivity index (χ1n) is 2.37. The molecule has 0 atom stereocenters. The molecule has 0 aromatic carbocycles. The summed E-state index contributed by atoms with van der Waals surface area (Å²) in [5.41, 5.74) is 0. The van der Waals surface area contributed by atoms with Crippen LogP contribution < -0.4 is 3.53 Å². The topological polar surface area (TPSA) is 15.3 Å². The first-order valence-corrected chi connectivity index (χ1v) is 3.45. The lowest BCUT2D eigenvalue weighted by molar-refractivity contribution is 0.186. The molecule has 7 heavy (non-hydrogen) atoms. The normalized spacial score (nSPS) is 24.9. The highest BCUT2D eigenvalue weighted by molar-refractivity contribution is 14.1. The van der Waals surface area contributed by atoms with Crippen molar-refractivity contribution in [1.82, 2.24) is 8.43 Å². The standard InChI is InChI=1S/C4H9IN2/c1-7-2-4(3-7)6-5/h4,6H,2-3H2,1H3. The highest BCUT2D eigenvalue weighted by Gasteiger charge is 2.20. The van der Waals surface area contributed by atoms with Crippen LogP contribution in [0.4, 0.5) is 0 Å².